The molecule has 0 aliphatic carbocycles. The van der Waals surface area contributed by atoms with Crippen LogP contribution in [0.3, 0.4) is 0 Å². The average Bonchev–Trinajstić information content (AvgIpc) is 2.64. The summed E-state index contributed by atoms with van der Waals surface area (Å²) in [5, 5.41) is 32.8. The van der Waals surface area contributed by atoms with Crippen LogP contribution in [0, 0.1) is 11.3 Å². The van der Waals surface area contributed by atoms with Crippen molar-refractivity contribution in [3.05, 3.63) is 53.6 Å². The van der Waals surface area contributed by atoms with E-state index < -0.39 is 17.8 Å². The van der Waals surface area contributed by atoms with E-state index in [1.165, 1.54) is 0 Å². The minimum atomic E-state index is -0.783. The third-order valence-electron chi connectivity index (χ3n) is 4.43. The number of ether oxygens (including phenoxy) is 2. The zero-order valence-corrected chi connectivity index (χ0v) is 15.5. The molecule has 0 radical (unpaired) electrons. The molecule has 142 valence electrons. The van der Waals surface area contributed by atoms with Crippen molar-refractivity contribution in [3.8, 4) is 17.6 Å². The molecule has 0 saturated carbocycles. The van der Waals surface area contributed by atoms with Gasteiger partial charge in [-0.3, -0.25) is 0 Å². The van der Waals surface area contributed by atoms with E-state index in [9.17, 15) is 10.2 Å². The Hall–Kier alpha value is -2.75. The fourth-order valence-corrected chi connectivity index (χ4v) is 3.12. The number of nitriles is 1. The molecule has 0 saturated heterocycles. The zero-order chi connectivity index (χ0) is 19.4. The van der Waals surface area contributed by atoms with E-state index in [4.69, 9.17) is 14.7 Å². The molecule has 27 heavy (non-hydrogen) atoms. The summed E-state index contributed by atoms with van der Waals surface area (Å²) in [6, 6.07) is 14.5. The lowest BCUT2D eigenvalue weighted by molar-refractivity contribution is 0.0121. The number of nitrogens with one attached hydrogen (secondary N) is 1. The predicted molar refractivity (Wildman–Crippen MR) is 102 cm³/mol. The second-order valence-electron chi connectivity index (χ2n) is 7.26. The molecule has 3 N–H and O–H groups in total. The maximum absolute atomic E-state index is 10.4. The summed E-state index contributed by atoms with van der Waals surface area (Å²) in [6.45, 7) is 4.16. The molecular formula is C21H24N2O4. The van der Waals surface area contributed by atoms with Crippen LogP contribution in [0.5, 0.6) is 11.5 Å². The van der Waals surface area contributed by atoms with Crippen LogP contribution < -0.4 is 14.8 Å². The van der Waals surface area contributed by atoms with Crippen LogP contribution >= 0.6 is 0 Å². The number of hydrogen-bond acceptors (Lipinski definition) is 6. The van der Waals surface area contributed by atoms with E-state index in [0.29, 0.717) is 23.5 Å². The van der Waals surface area contributed by atoms with Crippen molar-refractivity contribution < 1.29 is 19.7 Å². The first kappa shape index (κ1) is 19.0. The van der Waals surface area contributed by atoms with Gasteiger partial charge in [0.1, 0.15) is 35.9 Å². The maximum atomic E-state index is 10.4. The number of fused-ring (bicyclic) bond motifs is 1. The Morgan fingerprint density at radius 2 is 2.07 bits per heavy atom. The Morgan fingerprint density at radius 1 is 1.30 bits per heavy atom. The van der Waals surface area contributed by atoms with Crippen LogP contribution in [-0.4, -0.2) is 35.1 Å². The number of rotatable bonds is 6. The van der Waals surface area contributed by atoms with Crippen molar-refractivity contribution in [2.45, 2.75) is 38.1 Å². The van der Waals surface area contributed by atoms with Gasteiger partial charge in [-0.05, 0) is 32.0 Å². The maximum Gasteiger partial charge on any atom is 0.148 e. The number of hydrogen-bond donors (Lipinski definition) is 3. The molecule has 0 amide bonds. The Morgan fingerprint density at radius 3 is 2.85 bits per heavy atom. The van der Waals surface area contributed by atoms with Gasteiger partial charge in [0.05, 0.1) is 17.4 Å². The molecule has 2 aromatic rings. The van der Waals surface area contributed by atoms with Crippen LogP contribution in [0.2, 0.25) is 0 Å². The predicted octanol–water partition coefficient (Wildman–Crippen LogP) is 3.00. The van der Waals surface area contributed by atoms with E-state index in [1.807, 2.05) is 32.0 Å². The van der Waals surface area contributed by atoms with Gasteiger partial charge in [-0.15, -0.1) is 0 Å². The molecule has 0 bridgehead atoms. The van der Waals surface area contributed by atoms with Crippen molar-refractivity contribution in [2.75, 3.05) is 18.5 Å². The fourth-order valence-electron chi connectivity index (χ4n) is 3.12. The van der Waals surface area contributed by atoms with E-state index >= 15 is 0 Å². The summed E-state index contributed by atoms with van der Waals surface area (Å²) >= 11 is 0. The summed E-state index contributed by atoms with van der Waals surface area (Å²) in [7, 11) is 0. The highest BCUT2D eigenvalue weighted by molar-refractivity contribution is 5.62. The van der Waals surface area contributed by atoms with Gasteiger partial charge >= 0.3 is 0 Å². The summed E-state index contributed by atoms with van der Waals surface area (Å²) in [6.07, 6.45) is -0.839. The highest BCUT2D eigenvalue weighted by Gasteiger charge is 2.34. The molecule has 0 aromatic heterocycles. The molecule has 2 aromatic carbocycles. The molecule has 0 spiro atoms. The normalized spacial score (nSPS) is 18.6. The molecule has 2 atom stereocenters. The van der Waals surface area contributed by atoms with Gasteiger partial charge in [-0.2, -0.15) is 5.26 Å². The fraction of sp³-hybridized carbons (Fsp3) is 0.381. The minimum absolute atomic E-state index is 0.0513. The van der Waals surface area contributed by atoms with Crippen molar-refractivity contribution in [1.82, 2.24) is 0 Å². The average molecular weight is 368 g/mol. The first-order chi connectivity index (χ1) is 12.9. The summed E-state index contributed by atoms with van der Waals surface area (Å²) in [5.74, 6) is 1.06. The van der Waals surface area contributed by atoms with Crippen LogP contribution in [0.25, 0.3) is 0 Å². The molecule has 6 heteroatoms. The number of anilines is 1. The van der Waals surface area contributed by atoms with Crippen molar-refractivity contribution >= 4 is 5.69 Å². The monoisotopic (exact) mass is 368 g/mol. The van der Waals surface area contributed by atoms with E-state index in [0.717, 1.165) is 11.3 Å². The molecule has 3 rings (SSSR count). The topological polar surface area (TPSA) is 94.7 Å². The summed E-state index contributed by atoms with van der Waals surface area (Å²) < 4.78 is 11.6. The smallest absolute Gasteiger partial charge is 0.148 e. The van der Waals surface area contributed by atoms with Crippen molar-refractivity contribution in [3.63, 3.8) is 0 Å². The number of para-hydroxylation sites is 2. The van der Waals surface area contributed by atoms with Gasteiger partial charge in [0.25, 0.3) is 0 Å². The highest BCUT2D eigenvalue weighted by atomic mass is 16.5. The molecule has 6 nitrogen and oxygen atoms in total. The Kier molecular flexibility index (Phi) is 5.54. The summed E-state index contributed by atoms with van der Waals surface area (Å²) in [5.41, 5.74) is 1.43. The number of aliphatic hydroxyl groups is 2. The van der Waals surface area contributed by atoms with Crippen LogP contribution in [-0.2, 0) is 0 Å². The lowest BCUT2D eigenvalue weighted by atomic mass is 9.91. The number of benzene rings is 2. The first-order valence-electron chi connectivity index (χ1n) is 8.93. The quantitative estimate of drug-likeness (QED) is 0.726. The van der Waals surface area contributed by atoms with E-state index in [1.54, 1.807) is 24.3 Å². The van der Waals surface area contributed by atoms with E-state index in [-0.39, 0.29) is 13.2 Å². The Bertz CT molecular complexity index is 844. The molecular weight excluding hydrogens is 344 g/mol. The Balaban J connectivity index is 1.62. The van der Waals surface area contributed by atoms with Gasteiger partial charge in [0, 0.05) is 18.5 Å². The lowest BCUT2D eigenvalue weighted by Gasteiger charge is -2.36. The third-order valence-corrected chi connectivity index (χ3v) is 4.43. The largest absolute Gasteiger partial charge is 0.489 e. The van der Waals surface area contributed by atoms with Crippen LogP contribution in [0.4, 0.5) is 5.69 Å². The molecule has 1 aliphatic heterocycles. The first-order valence-corrected chi connectivity index (χ1v) is 8.93. The van der Waals surface area contributed by atoms with Crippen molar-refractivity contribution in [2.24, 2.45) is 0 Å². The van der Waals surface area contributed by atoms with E-state index in [2.05, 4.69) is 11.4 Å². The Labute approximate surface area is 159 Å². The standard InChI is InChI=1S/C21H24N2O4/c1-21(2)10-18(25)16-7-5-8-17(20(16)27-21)23-12-15(24)13-26-19-9-4-3-6-14(19)11-22/h3-9,15,18,23-25H,10,12-13H2,1-2H3. The summed E-state index contributed by atoms with van der Waals surface area (Å²) in [4.78, 5) is 0. The van der Waals surface area contributed by atoms with Crippen molar-refractivity contribution in [1.29, 1.82) is 5.26 Å². The number of nitrogens with zero attached hydrogens (tertiary/aromatic N) is 1. The molecule has 0 fully saturated rings. The van der Waals surface area contributed by atoms with Gasteiger partial charge in [0.2, 0.25) is 0 Å². The second kappa shape index (κ2) is 7.87. The molecule has 2 unspecified atom stereocenters. The van der Waals surface area contributed by atoms with Gasteiger partial charge < -0.3 is 25.0 Å². The van der Waals surface area contributed by atoms with Gasteiger partial charge in [-0.25, -0.2) is 0 Å². The number of aliphatic hydroxyl groups excluding tert-OH is 2. The van der Waals surface area contributed by atoms with Gasteiger partial charge in [0.15, 0.2) is 0 Å². The molecule has 1 heterocycles. The SMILES string of the molecule is CC1(C)CC(O)c2cccc(NCC(O)COc3ccccc3C#N)c2O1. The van der Waals surface area contributed by atoms with Crippen LogP contribution in [0.15, 0.2) is 42.5 Å². The zero-order valence-electron chi connectivity index (χ0n) is 15.5. The highest BCUT2D eigenvalue weighted by Crippen LogP contribution is 2.43. The van der Waals surface area contributed by atoms with Gasteiger partial charge in [-0.1, -0.05) is 24.3 Å². The molecule has 1 aliphatic rings. The van der Waals surface area contributed by atoms with Crippen LogP contribution in [0.1, 0.15) is 37.5 Å². The second-order valence-corrected chi connectivity index (χ2v) is 7.26. The third kappa shape index (κ3) is 4.51. The minimum Gasteiger partial charge on any atom is -0.489 e. The lowest BCUT2D eigenvalue weighted by Crippen LogP contribution is -2.35.